The molecule has 0 spiro atoms. The molecule has 2 heterocycles. The molecule has 1 unspecified atom stereocenters. The number of piperidine rings is 1. The van der Waals surface area contributed by atoms with E-state index in [1.54, 1.807) is 24.3 Å². The highest BCUT2D eigenvalue weighted by atomic mass is 32.2. The molecule has 1 aromatic carbocycles. The molecule has 0 radical (unpaired) electrons. The van der Waals surface area contributed by atoms with E-state index in [2.05, 4.69) is 21.4 Å². The van der Waals surface area contributed by atoms with E-state index in [1.807, 2.05) is 6.92 Å². The molecule has 7 heteroatoms. The van der Waals surface area contributed by atoms with Crippen LogP contribution in [0.15, 0.2) is 29.2 Å². The quantitative estimate of drug-likeness (QED) is 0.730. The Morgan fingerprint density at radius 3 is 2.54 bits per heavy atom. The van der Waals surface area contributed by atoms with Crippen molar-refractivity contribution in [3.8, 4) is 5.75 Å². The summed E-state index contributed by atoms with van der Waals surface area (Å²) in [6.07, 6.45) is 4.39. The monoisotopic (exact) mass is 398 g/mol. The molecule has 0 aromatic heterocycles. The summed E-state index contributed by atoms with van der Waals surface area (Å²) < 4.78 is 33.3. The van der Waals surface area contributed by atoms with Gasteiger partial charge in [0.25, 0.3) is 0 Å². The molecule has 5 nitrogen and oxygen atoms in total. The van der Waals surface area contributed by atoms with E-state index < -0.39 is 10.0 Å². The van der Waals surface area contributed by atoms with E-state index in [0.717, 1.165) is 38.4 Å². The van der Waals surface area contributed by atoms with Crippen LogP contribution in [0.2, 0.25) is 0 Å². The van der Waals surface area contributed by atoms with Gasteiger partial charge in [-0.05, 0) is 74.7 Å². The van der Waals surface area contributed by atoms with Crippen LogP contribution in [0.1, 0.15) is 32.6 Å². The van der Waals surface area contributed by atoms with E-state index in [4.69, 9.17) is 4.74 Å². The summed E-state index contributed by atoms with van der Waals surface area (Å²) in [5.41, 5.74) is 0. The number of sulfonamides is 1. The smallest absolute Gasteiger partial charge is 0.240 e. The normalized spacial score (nSPS) is 22.6. The second kappa shape index (κ2) is 9.44. The lowest BCUT2D eigenvalue weighted by Gasteiger charge is -2.35. The Labute approximate surface area is 161 Å². The second-order valence-electron chi connectivity index (χ2n) is 7.17. The molecule has 0 amide bonds. The average Bonchev–Trinajstić information content (AvgIpc) is 3.20. The first-order valence-corrected chi connectivity index (χ1v) is 12.3. The van der Waals surface area contributed by atoms with Crippen LogP contribution in [0.4, 0.5) is 0 Å². The van der Waals surface area contributed by atoms with Crippen molar-refractivity contribution < 1.29 is 13.2 Å². The highest BCUT2D eigenvalue weighted by molar-refractivity contribution is 7.99. The van der Waals surface area contributed by atoms with E-state index in [0.29, 0.717) is 29.7 Å². The number of rotatable bonds is 8. The van der Waals surface area contributed by atoms with Gasteiger partial charge >= 0.3 is 0 Å². The van der Waals surface area contributed by atoms with Gasteiger partial charge in [-0.25, -0.2) is 13.1 Å². The third-order valence-electron chi connectivity index (χ3n) is 5.24. The predicted molar refractivity (Wildman–Crippen MR) is 107 cm³/mol. The summed E-state index contributed by atoms with van der Waals surface area (Å²) in [5, 5.41) is 0. The summed E-state index contributed by atoms with van der Waals surface area (Å²) >= 11 is 2.05. The summed E-state index contributed by atoms with van der Waals surface area (Å²) in [4.78, 5) is 2.90. The van der Waals surface area contributed by atoms with E-state index in [-0.39, 0.29) is 0 Å². The van der Waals surface area contributed by atoms with Gasteiger partial charge in [0.2, 0.25) is 10.0 Å². The first kappa shape index (κ1) is 20.0. The van der Waals surface area contributed by atoms with Gasteiger partial charge in [-0.2, -0.15) is 11.8 Å². The topological polar surface area (TPSA) is 58.6 Å². The van der Waals surface area contributed by atoms with Gasteiger partial charge in [0, 0.05) is 18.3 Å². The zero-order valence-electron chi connectivity index (χ0n) is 15.5. The molecule has 0 aliphatic carbocycles. The molecule has 26 heavy (non-hydrogen) atoms. The second-order valence-corrected chi connectivity index (χ2v) is 10.1. The van der Waals surface area contributed by atoms with Crippen molar-refractivity contribution in [2.24, 2.45) is 5.92 Å². The van der Waals surface area contributed by atoms with Crippen LogP contribution in [0, 0.1) is 5.92 Å². The Hall–Kier alpha value is -0.760. The number of likely N-dealkylation sites (tertiary alicyclic amines) is 1. The van der Waals surface area contributed by atoms with Crippen molar-refractivity contribution in [2.45, 2.75) is 43.5 Å². The van der Waals surface area contributed by atoms with Crippen LogP contribution in [0.3, 0.4) is 0 Å². The van der Waals surface area contributed by atoms with Crippen LogP contribution in [0.25, 0.3) is 0 Å². The molecular formula is C19H30N2O3S2. The minimum absolute atomic E-state index is 0.307. The number of nitrogens with zero attached hydrogens (tertiary/aromatic N) is 1. The summed E-state index contributed by atoms with van der Waals surface area (Å²) in [6.45, 7) is 5.41. The molecule has 1 N–H and O–H groups in total. The van der Waals surface area contributed by atoms with Gasteiger partial charge in [-0.3, -0.25) is 4.90 Å². The fraction of sp³-hybridized carbons (Fsp3) is 0.684. The number of nitrogens with one attached hydrogen (secondary N) is 1. The van der Waals surface area contributed by atoms with Crippen LogP contribution in [0.5, 0.6) is 5.75 Å². The Bertz CT molecular complexity index is 650. The van der Waals surface area contributed by atoms with Crippen molar-refractivity contribution in [3.63, 3.8) is 0 Å². The first-order chi connectivity index (χ1) is 12.6. The van der Waals surface area contributed by atoms with Gasteiger partial charge in [-0.15, -0.1) is 0 Å². The molecule has 0 bridgehead atoms. The Morgan fingerprint density at radius 1 is 1.19 bits per heavy atom. The average molecular weight is 399 g/mol. The Balaban J connectivity index is 1.46. The zero-order chi connectivity index (χ0) is 18.4. The number of thioether (sulfide) groups is 1. The maximum Gasteiger partial charge on any atom is 0.240 e. The van der Waals surface area contributed by atoms with Gasteiger partial charge < -0.3 is 4.74 Å². The summed E-state index contributed by atoms with van der Waals surface area (Å²) in [5.74, 6) is 3.69. The molecule has 1 aromatic rings. The highest BCUT2D eigenvalue weighted by Crippen LogP contribution is 2.27. The molecule has 2 aliphatic heterocycles. The van der Waals surface area contributed by atoms with Gasteiger partial charge in [0.05, 0.1) is 11.5 Å². The van der Waals surface area contributed by atoms with Gasteiger partial charge in [-0.1, -0.05) is 6.92 Å². The molecule has 2 fully saturated rings. The maximum atomic E-state index is 12.5. The van der Waals surface area contributed by atoms with Crippen LogP contribution in [-0.2, 0) is 10.0 Å². The minimum atomic E-state index is -3.45. The molecule has 0 saturated carbocycles. The number of hydrogen-bond acceptors (Lipinski definition) is 5. The number of ether oxygens (including phenoxy) is 1. The third-order valence-corrected chi connectivity index (χ3v) is 7.82. The fourth-order valence-corrected chi connectivity index (χ4v) is 5.95. The Morgan fingerprint density at radius 2 is 1.92 bits per heavy atom. The molecule has 2 aliphatic rings. The lowest BCUT2D eigenvalue weighted by Crippen LogP contribution is -2.43. The lowest BCUT2D eigenvalue weighted by molar-refractivity contribution is 0.145. The van der Waals surface area contributed by atoms with Crippen molar-refractivity contribution in [1.29, 1.82) is 0 Å². The van der Waals surface area contributed by atoms with Crippen molar-refractivity contribution in [2.75, 3.05) is 37.7 Å². The van der Waals surface area contributed by atoms with Crippen LogP contribution >= 0.6 is 11.8 Å². The summed E-state index contributed by atoms with van der Waals surface area (Å²) in [6, 6.07) is 7.43. The number of hydrogen-bond donors (Lipinski definition) is 1. The molecule has 3 rings (SSSR count). The molecule has 1 atom stereocenters. The zero-order valence-corrected chi connectivity index (χ0v) is 17.2. The van der Waals surface area contributed by atoms with Gasteiger partial charge in [0.15, 0.2) is 0 Å². The summed E-state index contributed by atoms with van der Waals surface area (Å²) in [7, 11) is -3.45. The van der Waals surface area contributed by atoms with Crippen molar-refractivity contribution >= 4 is 21.8 Å². The van der Waals surface area contributed by atoms with E-state index in [9.17, 15) is 8.42 Å². The van der Waals surface area contributed by atoms with E-state index >= 15 is 0 Å². The van der Waals surface area contributed by atoms with Crippen LogP contribution in [-0.4, -0.2) is 57.1 Å². The van der Waals surface area contributed by atoms with Crippen LogP contribution < -0.4 is 9.46 Å². The first-order valence-electron chi connectivity index (χ1n) is 9.63. The standard InChI is InChI=1S/C19H30N2O3S2/c1-2-12-24-18-3-5-19(6-4-18)26(22,23)20-14-16-7-10-21(11-8-16)17-9-13-25-15-17/h3-6,16-17,20H,2,7-15H2,1H3. The molecule has 2 saturated heterocycles. The number of benzene rings is 1. The predicted octanol–water partition coefficient (Wildman–Crippen LogP) is 2.97. The third kappa shape index (κ3) is 5.38. The van der Waals surface area contributed by atoms with Crippen molar-refractivity contribution in [3.05, 3.63) is 24.3 Å². The molecular weight excluding hydrogens is 368 g/mol. The minimum Gasteiger partial charge on any atom is -0.494 e. The molecule has 146 valence electrons. The van der Waals surface area contributed by atoms with Gasteiger partial charge in [0.1, 0.15) is 5.75 Å². The highest BCUT2D eigenvalue weighted by Gasteiger charge is 2.28. The largest absolute Gasteiger partial charge is 0.494 e. The maximum absolute atomic E-state index is 12.5. The lowest BCUT2D eigenvalue weighted by atomic mass is 9.96. The SMILES string of the molecule is CCCOc1ccc(S(=O)(=O)NCC2CCN(C3CCSC3)CC2)cc1. The van der Waals surface area contributed by atoms with E-state index in [1.165, 1.54) is 17.9 Å². The Kier molecular flexibility index (Phi) is 7.26. The van der Waals surface area contributed by atoms with Crippen molar-refractivity contribution in [1.82, 2.24) is 9.62 Å². The fourth-order valence-electron chi connectivity index (χ4n) is 3.58.